The van der Waals surface area contributed by atoms with Gasteiger partial charge in [0.15, 0.2) is 5.76 Å². The average molecular weight is 297 g/mol. The summed E-state index contributed by atoms with van der Waals surface area (Å²) in [7, 11) is 0. The van der Waals surface area contributed by atoms with E-state index in [9.17, 15) is 0 Å². The molecule has 1 unspecified atom stereocenters. The van der Waals surface area contributed by atoms with Gasteiger partial charge in [-0.2, -0.15) is 0 Å². The van der Waals surface area contributed by atoms with Gasteiger partial charge in [0.2, 0.25) is 0 Å². The van der Waals surface area contributed by atoms with Crippen LogP contribution in [0, 0.1) is 6.92 Å². The van der Waals surface area contributed by atoms with Crippen LogP contribution in [0.15, 0.2) is 47.0 Å². The SMILES string of the molecule is Cc1ccc(-c2onc3ccc(C4OCCS4)cc23)cc1. The molecule has 1 aliphatic heterocycles. The molecule has 0 N–H and O–H groups in total. The Bertz CT molecular complexity index is 773. The van der Waals surface area contributed by atoms with E-state index in [1.54, 1.807) is 0 Å². The van der Waals surface area contributed by atoms with E-state index >= 15 is 0 Å². The first-order valence-electron chi connectivity index (χ1n) is 7.01. The van der Waals surface area contributed by atoms with Gasteiger partial charge in [-0.1, -0.05) is 41.1 Å². The van der Waals surface area contributed by atoms with Crippen LogP contribution in [0.5, 0.6) is 0 Å². The summed E-state index contributed by atoms with van der Waals surface area (Å²) in [5, 5.41) is 5.21. The lowest BCUT2D eigenvalue weighted by molar-refractivity contribution is 0.145. The summed E-state index contributed by atoms with van der Waals surface area (Å²) in [4.78, 5) is 0. The Hall–Kier alpha value is -1.78. The van der Waals surface area contributed by atoms with E-state index in [-0.39, 0.29) is 5.44 Å². The van der Waals surface area contributed by atoms with Crippen molar-refractivity contribution in [3.63, 3.8) is 0 Å². The molecule has 1 aromatic heterocycles. The Balaban J connectivity index is 1.81. The molecule has 0 radical (unpaired) electrons. The molecular weight excluding hydrogens is 282 g/mol. The zero-order chi connectivity index (χ0) is 14.2. The van der Waals surface area contributed by atoms with Crippen LogP contribution in [0.1, 0.15) is 16.6 Å². The molecular formula is C17H15NO2S. The second-order valence-electron chi connectivity index (χ2n) is 5.23. The van der Waals surface area contributed by atoms with E-state index in [2.05, 4.69) is 48.5 Å². The fourth-order valence-electron chi connectivity index (χ4n) is 2.57. The van der Waals surface area contributed by atoms with Gasteiger partial charge in [-0.05, 0) is 24.6 Å². The number of hydrogen-bond acceptors (Lipinski definition) is 4. The number of benzene rings is 2. The third kappa shape index (κ3) is 2.34. The van der Waals surface area contributed by atoms with Crippen molar-refractivity contribution in [2.24, 2.45) is 0 Å². The van der Waals surface area contributed by atoms with Crippen molar-refractivity contribution in [3.05, 3.63) is 53.6 Å². The van der Waals surface area contributed by atoms with Crippen LogP contribution in [0.2, 0.25) is 0 Å². The van der Waals surface area contributed by atoms with Crippen LogP contribution in [-0.2, 0) is 4.74 Å². The Morgan fingerprint density at radius 2 is 2.00 bits per heavy atom. The fourth-order valence-corrected chi connectivity index (χ4v) is 3.51. The number of hydrogen-bond donors (Lipinski definition) is 0. The summed E-state index contributed by atoms with van der Waals surface area (Å²) in [5.41, 5.74) is 4.49. The summed E-state index contributed by atoms with van der Waals surface area (Å²) >= 11 is 1.84. The Labute approximate surface area is 127 Å². The van der Waals surface area contributed by atoms with Crippen LogP contribution >= 0.6 is 11.8 Å². The van der Waals surface area contributed by atoms with E-state index < -0.39 is 0 Å². The monoisotopic (exact) mass is 297 g/mol. The van der Waals surface area contributed by atoms with Gasteiger partial charge in [-0.15, -0.1) is 11.8 Å². The highest BCUT2D eigenvalue weighted by molar-refractivity contribution is 7.99. The molecule has 1 saturated heterocycles. The summed E-state index contributed by atoms with van der Waals surface area (Å²) in [6.07, 6.45) is 0. The molecule has 3 nitrogen and oxygen atoms in total. The Morgan fingerprint density at radius 1 is 1.14 bits per heavy atom. The third-order valence-electron chi connectivity index (χ3n) is 3.71. The first-order chi connectivity index (χ1) is 10.3. The zero-order valence-electron chi connectivity index (χ0n) is 11.7. The van der Waals surface area contributed by atoms with E-state index in [4.69, 9.17) is 9.26 Å². The second-order valence-corrected chi connectivity index (χ2v) is 6.40. The molecule has 2 aromatic carbocycles. The minimum Gasteiger partial charge on any atom is -0.362 e. The molecule has 0 aliphatic carbocycles. The van der Waals surface area contributed by atoms with Crippen molar-refractivity contribution in [2.45, 2.75) is 12.4 Å². The van der Waals surface area contributed by atoms with Gasteiger partial charge in [0, 0.05) is 11.3 Å². The average Bonchev–Trinajstić information content (AvgIpc) is 3.17. The van der Waals surface area contributed by atoms with Crippen LogP contribution in [-0.4, -0.2) is 17.5 Å². The molecule has 0 spiro atoms. The van der Waals surface area contributed by atoms with Crippen LogP contribution in [0.3, 0.4) is 0 Å². The number of ether oxygens (including phenoxy) is 1. The molecule has 3 aromatic rings. The molecule has 21 heavy (non-hydrogen) atoms. The summed E-state index contributed by atoms with van der Waals surface area (Å²) < 4.78 is 11.3. The fraction of sp³-hybridized carbons (Fsp3) is 0.235. The van der Waals surface area contributed by atoms with E-state index in [0.717, 1.165) is 34.6 Å². The van der Waals surface area contributed by atoms with Crippen molar-refractivity contribution in [1.82, 2.24) is 5.16 Å². The van der Waals surface area contributed by atoms with Crippen molar-refractivity contribution >= 4 is 22.7 Å². The van der Waals surface area contributed by atoms with Gasteiger partial charge in [-0.3, -0.25) is 0 Å². The normalized spacial score (nSPS) is 18.4. The molecule has 4 heteroatoms. The van der Waals surface area contributed by atoms with Gasteiger partial charge in [-0.25, -0.2) is 0 Å². The number of fused-ring (bicyclic) bond motifs is 1. The molecule has 4 rings (SSSR count). The van der Waals surface area contributed by atoms with Gasteiger partial charge >= 0.3 is 0 Å². The van der Waals surface area contributed by atoms with E-state index in [0.29, 0.717) is 0 Å². The zero-order valence-corrected chi connectivity index (χ0v) is 12.5. The van der Waals surface area contributed by atoms with Crippen molar-refractivity contribution in [1.29, 1.82) is 0 Å². The minimum absolute atomic E-state index is 0.134. The maximum absolute atomic E-state index is 5.74. The van der Waals surface area contributed by atoms with Gasteiger partial charge in [0.05, 0.1) is 12.0 Å². The highest BCUT2D eigenvalue weighted by atomic mass is 32.2. The molecule has 1 aliphatic rings. The highest BCUT2D eigenvalue weighted by Gasteiger charge is 2.20. The number of aryl methyl sites for hydroxylation is 1. The Morgan fingerprint density at radius 3 is 2.76 bits per heavy atom. The topological polar surface area (TPSA) is 35.3 Å². The summed E-state index contributed by atoms with van der Waals surface area (Å²) in [6, 6.07) is 14.5. The minimum atomic E-state index is 0.134. The van der Waals surface area contributed by atoms with Crippen LogP contribution in [0.4, 0.5) is 0 Å². The van der Waals surface area contributed by atoms with Crippen molar-refractivity contribution in [3.8, 4) is 11.3 Å². The lowest BCUT2D eigenvalue weighted by Crippen LogP contribution is -1.92. The molecule has 0 amide bonds. The van der Waals surface area contributed by atoms with Crippen LogP contribution < -0.4 is 0 Å². The quantitative estimate of drug-likeness (QED) is 0.694. The molecule has 1 fully saturated rings. The smallest absolute Gasteiger partial charge is 0.174 e. The molecule has 106 valence electrons. The van der Waals surface area contributed by atoms with Crippen molar-refractivity contribution in [2.75, 3.05) is 12.4 Å². The van der Waals surface area contributed by atoms with Gasteiger partial charge in [0.25, 0.3) is 0 Å². The number of thioether (sulfide) groups is 1. The Kier molecular flexibility index (Phi) is 3.20. The molecule has 1 atom stereocenters. The van der Waals surface area contributed by atoms with Gasteiger partial charge in [0.1, 0.15) is 11.0 Å². The number of nitrogens with zero attached hydrogens (tertiary/aromatic N) is 1. The highest BCUT2D eigenvalue weighted by Crippen LogP contribution is 2.38. The molecule has 0 saturated carbocycles. The predicted molar refractivity (Wildman–Crippen MR) is 85.3 cm³/mol. The van der Waals surface area contributed by atoms with E-state index in [1.807, 2.05) is 17.8 Å². The van der Waals surface area contributed by atoms with E-state index in [1.165, 1.54) is 11.1 Å². The summed E-state index contributed by atoms with van der Waals surface area (Å²) in [6.45, 7) is 2.90. The lowest BCUT2D eigenvalue weighted by Gasteiger charge is -2.08. The van der Waals surface area contributed by atoms with Crippen molar-refractivity contribution < 1.29 is 9.26 Å². The molecule has 0 bridgehead atoms. The standard InChI is InChI=1S/C17H15NO2S/c1-11-2-4-12(5-3-11)16-14-10-13(17-19-8-9-21-17)6-7-15(14)18-20-16/h2-7,10,17H,8-9H2,1H3. The lowest BCUT2D eigenvalue weighted by atomic mass is 10.1. The second kappa shape index (κ2) is 5.20. The number of aromatic nitrogens is 1. The first kappa shape index (κ1) is 12.9. The largest absolute Gasteiger partial charge is 0.362 e. The summed E-state index contributed by atoms with van der Waals surface area (Å²) in [5.74, 6) is 1.88. The predicted octanol–water partition coefficient (Wildman–Crippen LogP) is 4.57. The maximum Gasteiger partial charge on any atom is 0.174 e. The molecule has 2 heterocycles. The maximum atomic E-state index is 5.74. The first-order valence-corrected chi connectivity index (χ1v) is 8.06. The third-order valence-corrected chi connectivity index (χ3v) is 4.82. The van der Waals surface area contributed by atoms with Crippen LogP contribution in [0.25, 0.3) is 22.2 Å². The van der Waals surface area contributed by atoms with Gasteiger partial charge < -0.3 is 9.26 Å². The number of rotatable bonds is 2.